The minimum Gasteiger partial charge on any atom is -0.507 e. The number of aryl methyl sites for hydroxylation is 2. The predicted octanol–water partition coefficient (Wildman–Crippen LogP) is 7.01. The van der Waals surface area contributed by atoms with Crippen molar-refractivity contribution in [1.82, 2.24) is 0 Å². The molecule has 0 aliphatic heterocycles. The van der Waals surface area contributed by atoms with E-state index in [0.29, 0.717) is 0 Å². The predicted molar refractivity (Wildman–Crippen MR) is 107 cm³/mol. The minimum atomic E-state index is 0.264. The number of hydrogen-bond acceptors (Lipinski definition) is 1. The second kappa shape index (κ2) is 9.77. The van der Waals surface area contributed by atoms with Gasteiger partial charge in [0.2, 0.25) is 0 Å². The van der Waals surface area contributed by atoms with Gasteiger partial charge >= 0.3 is 0 Å². The molecule has 128 valence electrons. The molecule has 0 unspecified atom stereocenters. The summed E-state index contributed by atoms with van der Waals surface area (Å²) in [5, 5.41) is 10.6. The van der Waals surface area contributed by atoms with E-state index < -0.39 is 0 Å². The van der Waals surface area contributed by atoms with Crippen molar-refractivity contribution in [3.63, 3.8) is 0 Å². The van der Waals surface area contributed by atoms with E-state index in [1.807, 2.05) is 18.2 Å². The first kappa shape index (κ1) is 19.8. The quantitative estimate of drug-likeness (QED) is 0.423. The number of allylic oxidation sites excluding steroid dienone is 7. The number of rotatable bonds is 7. The van der Waals surface area contributed by atoms with Gasteiger partial charge in [-0.2, -0.15) is 0 Å². The standard InChI is InChI=1S/C23H30O/c1-7-10-20(21-13-12-18(5)19(6)15-21)16-23(24)22(11-8-2)14-17(4)9-3/h8,10-16,24H,2,7,9H2,1,3-6H3/b17-14-,20-10+,22-11+,23-16+. The van der Waals surface area contributed by atoms with Crippen LogP contribution in [0.25, 0.3) is 5.57 Å². The minimum absolute atomic E-state index is 0.264. The van der Waals surface area contributed by atoms with Gasteiger partial charge in [0, 0.05) is 5.57 Å². The topological polar surface area (TPSA) is 20.2 Å². The fraction of sp³-hybridized carbons (Fsp3) is 0.304. The normalized spacial score (nSPS) is 14.0. The summed E-state index contributed by atoms with van der Waals surface area (Å²) in [6, 6.07) is 6.41. The Morgan fingerprint density at radius 2 is 1.83 bits per heavy atom. The second-order valence-corrected chi connectivity index (χ2v) is 6.10. The lowest BCUT2D eigenvalue weighted by atomic mass is 9.98. The Bertz CT molecular complexity index is 697. The monoisotopic (exact) mass is 322 g/mol. The maximum absolute atomic E-state index is 10.6. The van der Waals surface area contributed by atoms with E-state index in [2.05, 4.69) is 65.5 Å². The van der Waals surface area contributed by atoms with Gasteiger partial charge in [0.1, 0.15) is 5.76 Å². The van der Waals surface area contributed by atoms with Crippen LogP contribution in [0.2, 0.25) is 0 Å². The van der Waals surface area contributed by atoms with Crippen molar-refractivity contribution in [3.05, 3.63) is 88.8 Å². The molecule has 0 saturated carbocycles. The van der Waals surface area contributed by atoms with Gasteiger partial charge in [-0.15, -0.1) is 0 Å². The van der Waals surface area contributed by atoms with Gasteiger partial charge in [-0.05, 0) is 62.0 Å². The molecule has 0 spiro atoms. The van der Waals surface area contributed by atoms with Crippen molar-refractivity contribution >= 4 is 5.57 Å². The fourth-order valence-electron chi connectivity index (χ4n) is 2.33. The van der Waals surface area contributed by atoms with E-state index >= 15 is 0 Å². The third kappa shape index (κ3) is 5.73. The van der Waals surface area contributed by atoms with Gasteiger partial charge in [-0.25, -0.2) is 0 Å². The molecule has 1 nitrogen and oxygen atoms in total. The molecule has 0 amide bonds. The van der Waals surface area contributed by atoms with Crippen LogP contribution in [0.15, 0.2) is 72.1 Å². The lowest BCUT2D eigenvalue weighted by Gasteiger charge is -2.09. The fourth-order valence-corrected chi connectivity index (χ4v) is 2.33. The molecule has 0 aliphatic rings. The van der Waals surface area contributed by atoms with Crippen molar-refractivity contribution in [1.29, 1.82) is 0 Å². The van der Waals surface area contributed by atoms with Gasteiger partial charge in [0.15, 0.2) is 0 Å². The Labute approximate surface area is 147 Å². The SMILES string of the molecule is C=C/C=C(\C=C(\C)CC)C(/O)=C\C(=C/CC)c1ccc(C)c(C)c1. The Kier molecular flexibility index (Phi) is 8.05. The Morgan fingerprint density at radius 1 is 1.12 bits per heavy atom. The van der Waals surface area contributed by atoms with E-state index in [-0.39, 0.29) is 5.76 Å². The van der Waals surface area contributed by atoms with E-state index in [4.69, 9.17) is 0 Å². The highest BCUT2D eigenvalue weighted by atomic mass is 16.3. The van der Waals surface area contributed by atoms with E-state index in [1.54, 1.807) is 6.08 Å². The van der Waals surface area contributed by atoms with Crippen molar-refractivity contribution in [2.45, 2.75) is 47.5 Å². The van der Waals surface area contributed by atoms with E-state index in [9.17, 15) is 5.11 Å². The first-order valence-corrected chi connectivity index (χ1v) is 8.61. The molecule has 0 fully saturated rings. The molecule has 0 saturated heterocycles. The smallest absolute Gasteiger partial charge is 0.123 e. The molecule has 1 aromatic carbocycles. The number of benzene rings is 1. The zero-order chi connectivity index (χ0) is 18.1. The molecule has 0 atom stereocenters. The summed E-state index contributed by atoms with van der Waals surface area (Å²) in [4.78, 5) is 0. The van der Waals surface area contributed by atoms with Crippen LogP contribution in [0, 0.1) is 13.8 Å². The molecule has 1 N–H and O–H groups in total. The van der Waals surface area contributed by atoms with Gasteiger partial charge in [-0.1, -0.05) is 68.5 Å². The van der Waals surface area contributed by atoms with Crippen LogP contribution >= 0.6 is 0 Å². The van der Waals surface area contributed by atoms with E-state index in [1.165, 1.54) is 16.7 Å². The number of hydrogen-bond donors (Lipinski definition) is 1. The Hall–Kier alpha value is -2.28. The molecule has 0 aromatic heterocycles. The molecular weight excluding hydrogens is 292 g/mol. The molecule has 1 aromatic rings. The summed E-state index contributed by atoms with van der Waals surface area (Å²) in [6.07, 6.45) is 11.4. The third-order valence-corrected chi connectivity index (χ3v) is 4.11. The first-order chi connectivity index (χ1) is 11.4. The second-order valence-electron chi connectivity index (χ2n) is 6.10. The Balaban J connectivity index is 3.32. The molecule has 1 heteroatoms. The largest absolute Gasteiger partial charge is 0.507 e. The molecule has 0 bridgehead atoms. The summed E-state index contributed by atoms with van der Waals surface area (Å²) >= 11 is 0. The third-order valence-electron chi connectivity index (χ3n) is 4.11. The van der Waals surface area contributed by atoms with Gasteiger partial charge in [0.05, 0.1) is 0 Å². The van der Waals surface area contributed by atoms with Crippen molar-refractivity contribution < 1.29 is 5.11 Å². The maximum Gasteiger partial charge on any atom is 0.123 e. The van der Waals surface area contributed by atoms with Crippen molar-refractivity contribution in [3.8, 4) is 0 Å². The number of aliphatic hydroxyl groups is 1. The van der Waals surface area contributed by atoms with Gasteiger partial charge in [0.25, 0.3) is 0 Å². The molecule has 0 aliphatic carbocycles. The highest BCUT2D eigenvalue weighted by Crippen LogP contribution is 2.23. The highest BCUT2D eigenvalue weighted by Gasteiger charge is 2.05. The molecule has 0 radical (unpaired) electrons. The summed E-state index contributed by atoms with van der Waals surface area (Å²) in [7, 11) is 0. The summed E-state index contributed by atoms with van der Waals surface area (Å²) < 4.78 is 0. The van der Waals surface area contributed by atoms with Crippen LogP contribution in [0.5, 0.6) is 0 Å². The zero-order valence-electron chi connectivity index (χ0n) is 15.7. The van der Waals surface area contributed by atoms with Crippen LogP contribution in [0.1, 0.15) is 50.3 Å². The first-order valence-electron chi connectivity index (χ1n) is 8.61. The molecular formula is C23H30O. The van der Waals surface area contributed by atoms with Gasteiger partial charge < -0.3 is 5.11 Å². The van der Waals surface area contributed by atoms with Crippen LogP contribution in [-0.4, -0.2) is 5.11 Å². The van der Waals surface area contributed by atoms with Crippen LogP contribution < -0.4 is 0 Å². The molecule has 0 heterocycles. The zero-order valence-corrected chi connectivity index (χ0v) is 15.7. The lowest BCUT2D eigenvalue weighted by Crippen LogP contribution is -1.91. The average Bonchev–Trinajstić information content (AvgIpc) is 2.56. The van der Waals surface area contributed by atoms with Crippen LogP contribution in [0.3, 0.4) is 0 Å². The lowest BCUT2D eigenvalue weighted by molar-refractivity contribution is 0.427. The van der Waals surface area contributed by atoms with Crippen LogP contribution in [0.4, 0.5) is 0 Å². The van der Waals surface area contributed by atoms with Crippen LogP contribution in [-0.2, 0) is 0 Å². The van der Waals surface area contributed by atoms with Crippen molar-refractivity contribution in [2.75, 3.05) is 0 Å². The van der Waals surface area contributed by atoms with E-state index in [0.717, 1.165) is 29.6 Å². The molecule has 1 rings (SSSR count). The summed E-state index contributed by atoms with van der Waals surface area (Å²) in [5.74, 6) is 0.264. The average molecular weight is 322 g/mol. The van der Waals surface area contributed by atoms with Gasteiger partial charge in [-0.3, -0.25) is 0 Å². The number of aliphatic hydroxyl groups excluding tert-OH is 1. The Morgan fingerprint density at radius 3 is 2.38 bits per heavy atom. The van der Waals surface area contributed by atoms with Crippen molar-refractivity contribution in [2.24, 2.45) is 0 Å². The summed E-state index contributed by atoms with van der Waals surface area (Å²) in [5.41, 5.74) is 6.70. The highest BCUT2D eigenvalue weighted by molar-refractivity contribution is 5.76. The maximum atomic E-state index is 10.6. The molecule has 24 heavy (non-hydrogen) atoms. The summed E-state index contributed by atoms with van der Waals surface area (Å²) in [6.45, 7) is 14.3.